The Balaban J connectivity index is 2.38. The van der Waals surface area contributed by atoms with Crippen molar-refractivity contribution in [2.45, 2.75) is 30.7 Å². The van der Waals surface area contributed by atoms with Crippen LogP contribution >= 0.6 is 0 Å². The summed E-state index contributed by atoms with van der Waals surface area (Å²) < 4.78 is 32.0. The predicted octanol–water partition coefficient (Wildman–Crippen LogP) is 1.13. The first-order chi connectivity index (χ1) is 9.35. The highest BCUT2D eigenvalue weighted by Gasteiger charge is 2.32. The van der Waals surface area contributed by atoms with Crippen molar-refractivity contribution in [2.75, 3.05) is 12.8 Å². The molecule has 110 valence electrons. The van der Waals surface area contributed by atoms with Crippen LogP contribution < -0.4 is 10.5 Å². The van der Waals surface area contributed by atoms with Crippen molar-refractivity contribution >= 4 is 21.7 Å². The number of hydrogen-bond donors (Lipinski definition) is 2. The van der Waals surface area contributed by atoms with E-state index in [1.165, 1.54) is 25.3 Å². The average Bonchev–Trinajstić information content (AvgIpc) is 3.21. The molecule has 1 saturated carbocycles. The first-order valence-electron chi connectivity index (χ1n) is 6.35. The van der Waals surface area contributed by atoms with Gasteiger partial charge in [0.15, 0.2) is 0 Å². The molecule has 0 bridgehead atoms. The number of nitrogen functional groups attached to an aromatic ring is 1. The fourth-order valence-electron chi connectivity index (χ4n) is 2.04. The maximum absolute atomic E-state index is 12.4. The Labute approximate surface area is 118 Å². The minimum absolute atomic E-state index is 0.0165. The Kier molecular flexibility index (Phi) is 4.01. The summed E-state index contributed by atoms with van der Waals surface area (Å²) in [6.07, 6.45) is 2.04. The molecule has 1 atom stereocenters. The highest BCUT2D eigenvalue weighted by molar-refractivity contribution is 7.89. The van der Waals surface area contributed by atoms with Gasteiger partial charge in [-0.15, -0.1) is 0 Å². The van der Waals surface area contributed by atoms with Crippen molar-refractivity contribution in [3.63, 3.8) is 0 Å². The van der Waals surface area contributed by atoms with E-state index in [0.717, 1.165) is 12.8 Å². The predicted molar refractivity (Wildman–Crippen MR) is 74.7 cm³/mol. The summed E-state index contributed by atoms with van der Waals surface area (Å²) >= 11 is 0. The van der Waals surface area contributed by atoms with Crippen LogP contribution in [0.5, 0.6) is 0 Å². The zero-order valence-corrected chi connectivity index (χ0v) is 12.2. The van der Waals surface area contributed by atoms with Gasteiger partial charge in [0.2, 0.25) is 10.0 Å². The summed E-state index contributed by atoms with van der Waals surface area (Å²) in [4.78, 5) is 11.5. The highest BCUT2D eigenvalue weighted by Crippen LogP contribution is 2.33. The van der Waals surface area contributed by atoms with Gasteiger partial charge in [0.1, 0.15) is 0 Å². The Morgan fingerprint density at radius 2 is 2.10 bits per heavy atom. The van der Waals surface area contributed by atoms with Gasteiger partial charge in [0.25, 0.3) is 0 Å². The molecular weight excluding hydrogens is 280 g/mol. The summed E-state index contributed by atoms with van der Waals surface area (Å²) in [5.74, 6) is -0.336. The zero-order chi connectivity index (χ0) is 14.9. The Morgan fingerprint density at radius 3 is 2.65 bits per heavy atom. The molecular formula is C13H18N2O4S. The Morgan fingerprint density at radius 1 is 1.45 bits per heavy atom. The van der Waals surface area contributed by atoms with Gasteiger partial charge in [0.05, 0.1) is 17.6 Å². The molecule has 1 unspecified atom stereocenters. The van der Waals surface area contributed by atoms with Gasteiger partial charge in [-0.05, 0) is 43.9 Å². The lowest BCUT2D eigenvalue weighted by Crippen LogP contribution is -2.35. The van der Waals surface area contributed by atoms with Crippen LogP contribution in [0.15, 0.2) is 23.1 Å². The largest absolute Gasteiger partial charge is 0.465 e. The number of carbonyl (C=O) groups is 1. The standard InChI is InChI=1S/C13H18N2O4S/c1-8(9-3-4-9)15-20(17,18)12-7-10(14)5-6-11(12)13(16)19-2/h5-9,15H,3-4,14H2,1-2H3. The number of methoxy groups -OCH3 is 1. The third-order valence-electron chi connectivity index (χ3n) is 3.37. The van der Waals surface area contributed by atoms with Gasteiger partial charge in [-0.2, -0.15) is 0 Å². The second-order valence-corrected chi connectivity index (χ2v) is 6.68. The first kappa shape index (κ1) is 14.8. The molecule has 1 aromatic rings. The van der Waals surface area contributed by atoms with Crippen LogP contribution in [0, 0.1) is 5.92 Å². The molecule has 1 aliphatic carbocycles. The molecule has 1 fully saturated rings. The van der Waals surface area contributed by atoms with E-state index < -0.39 is 16.0 Å². The minimum atomic E-state index is -3.80. The Bertz CT molecular complexity index is 623. The van der Waals surface area contributed by atoms with E-state index in [1.54, 1.807) is 0 Å². The highest BCUT2D eigenvalue weighted by atomic mass is 32.2. The molecule has 0 radical (unpaired) electrons. The fourth-order valence-corrected chi connectivity index (χ4v) is 3.58. The van der Waals surface area contributed by atoms with Crippen molar-refractivity contribution in [3.8, 4) is 0 Å². The van der Waals surface area contributed by atoms with E-state index in [-0.39, 0.29) is 22.2 Å². The van der Waals surface area contributed by atoms with Gasteiger partial charge < -0.3 is 10.5 Å². The number of nitrogens with one attached hydrogen (secondary N) is 1. The molecule has 6 nitrogen and oxygen atoms in total. The fraction of sp³-hybridized carbons (Fsp3) is 0.462. The van der Waals surface area contributed by atoms with Crippen LogP contribution in [0.1, 0.15) is 30.1 Å². The number of hydrogen-bond acceptors (Lipinski definition) is 5. The van der Waals surface area contributed by atoms with E-state index >= 15 is 0 Å². The van der Waals surface area contributed by atoms with Gasteiger partial charge in [-0.25, -0.2) is 17.9 Å². The van der Waals surface area contributed by atoms with Gasteiger partial charge in [-0.3, -0.25) is 0 Å². The number of benzene rings is 1. The molecule has 0 aliphatic heterocycles. The van der Waals surface area contributed by atoms with Gasteiger partial charge >= 0.3 is 5.97 Å². The summed E-state index contributed by atoms with van der Waals surface area (Å²) in [6, 6.07) is 3.94. The quantitative estimate of drug-likeness (QED) is 0.627. The third kappa shape index (κ3) is 3.10. The summed E-state index contributed by atoms with van der Waals surface area (Å²) in [7, 11) is -2.60. The molecule has 0 saturated heterocycles. The molecule has 0 aromatic heterocycles. The number of esters is 1. The topological polar surface area (TPSA) is 98.5 Å². The van der Waals surface area contributed by atoms with Crippen LogP contribution in [-0.4, -0.2) is 27.5 Å². The monoisotopic (exact) mass is 298 g/mol. The van der Waals surface area contributed by atoms with E-state index in [4.69, 9.17) is 5.73 Å². The SMILES string of the molecule is COC(=O)c1ccc(N)cc1S(=O)(=O)NC(C)C1CC1. The number of ether oxygens (including phenoxy) is 1. The van der Waals surface area contributed by atoms with Crippen LogP contribution in [0.4, 0.5) is 5.69 Å². The van der Waals surface area contributed by atoms with Crippen LogP contribution in [0.2, 0.25) is 0 Å². The van der Waals surface area contributed by atoms with Gasteiger partial charge in [0, 0.05) is 11.7 Å². The lowest BCUT2D eigenvalue weighted by Gasteiger charge is -2.15. The van der Waals surface area contributed by atoms with E-state index in [0.29, 0.717) is 5.92 Å². The summed E-state index contributed by atoms with van der Waals surface area (Å²) in [6.45, 7) is 1.82. The number of rotatable bonds is 5. The normalized spacial score (nSPS) is 16.7. The Hall–Kier alpha value is -1.60. The molecule has 0 heterocycles. The number of nitrogens with two attached hydrogens (primary N) is 1. The molecule has 0 amide bonds. The molecule has 3 N–H and O–H groups in total. The minimum Gasteiger partial charge on any atom is -0.465 e. The second kappa shape index (κ2) is 5.41. The van der Waals surface area contributed by atoms with Crippen LogP contribution in [0.25, 0.3) is 0 Å². The van der Waals surface area contributed by atoms with Crippen molar-refractivity contribution in [1.82, 2.24) is 4.72 Å². The molecule has 1 aliphatic rings. The number of carbonyl (C=O) groups excluding carboxylic acids is 1. The smallest absolute Gasteiger partial charge is 0.339 e. The third-order valence-corrected chi connectivity index (χ3v) is 4.97. The van der Waals surface area contributed by atoms with Crippen molar-refractivity contribution in [2.24, 2.45) is 5.92 Å². The van der Waals surface area contributed by atoms with Crippen LogP contribution in [-0.2, 0) is 14.8 Å². The maximum Gasteiger partial charge on any atom is 0.339 e. The lowest BCUT2D eigenvalue weighted by atomic mass is 10.2. The first-order valence-corrected chi connectivity index (χ1v) is 7.83. The van der Waals surface area contributed by atoms with Crippen molar-refractivity contribution < 1.29 is 17.9 Å². The van der Waals surface area contributed by atoms with Crippen molar-refractivity contribution in [3.05, 3.63) is 23.8 Å². The molecule has 0 spiro atoms. The van der Waals surface area contributed by atoms with Gasteiger partial charge in [-0.1, -0.05) is 0 Å². The van der Waals surface area contributed by atoms with E-state index in [2.05, 4.69) is 9.46 Å². The summed E-state index contributed by atoms with van der Waals surface area (Å²) in [5.41, 5.74) is 5.88. The summed E-state index contributed by atoms with van der Waals surface area (Å²) in [5, 5.41) is 0. The van der Waals surface area contributed by atoms with E-state index in [9.17, 15) is 13.2 Å². The lowest BCUT2D eigenvalue weighted by molar-refractivity contribution is 0.0596. The maximum atomic E-state index is 12.4. The molecule has 20 heavy (non-hydrogen) atoms. The molecule has 1 aromatic carbocycles. The zero-order valence-electron chi connectivity index (χ0n) is 11.4. The second-order valence-electron chi connectivity index (χ2n) is 4.99. The average molecular weight is 298 g/mol. The molecule has 2 rings (SSSR count). The number of sulfonamides is 1. The van der Waals surface area contributed by atoms with Crippen LogP contribution in [0.3, 0.4) is 0 Å². The number of anilines is 1. The molecule has 7 heteroatoms. The van der Waals surface area contributed by atoms with Crippen molar-refractivity contribution in [1.29, 1.82) is 0 Å². The van der Waals surface area contributed by atoms with E-state index in [1.807, 2.05) is 6.92 Å².